The Balaban J connectivity index is 1.87. The molecular weight excluding hydrogens is 328 g/mol. The molecule has 0 aromatic heterocycles. The summed E-state index contributed by atoms with van der Waals surface area (Å²) in [6.07, 6.45) is 0.840. The Labute approximate surface area is 148 Å². The predicted molar refractivity (Wildman–Crippen MR) is 102 cm³/mol. The Morgan fingerprint density at radius 1 is 1.17 bits per heavy atom. The van der Waals surface area contributed by atoms with E-state index in [-0.39, 0.29) is 0 Å². The zero-order chi connectivity index (χ0) is 16.7. The van der Waals surface area contributed by atoms with Gasteiger partial charge in [0.2, 0.25) is 0 Å². The van der Waals surface area contributed by atoms with Gasteiger partial charge in [0, 0.05) is 17.3 Å². The predicted octanol–water partition coefficient (Wildman–Crippen LogP) is 4.58. The number of hydrogen-bond donors (Lipinski definition) is 2. The number of rotatable bonds is 6. The van der Waals surface area contributed by atoms with Gasteiger partial charge in [-0.1, -0.05) is 35.9 Å². The summed E-state index contributed by atoms with van der Waals surface area (Å²) in [5.41, 5.74) is 3.08. The van der Waals surface area contributed by atoms with Gasteiger partial charge in [-0.05, 0) is 61.8 Å². The summed E-state index contributed by atoms with van der Waals surface area (Å²) in [6.45, 7) is 5.35. The number of thiocarbonyl (C=S) groups is 1. The van der Waals surface area contributed by atoms with E-state index in [1.165, 1.54) is 5.56 Å². The van der Waals surface area contributed by atoms with Crippen LogP contribution in [0, 0.1) is 6.92 Å². The first-order chi connectivity index (χ1) is 11.1. The Hall–Kier alpha value is -1.78. The molecule has 3 nitrogen and oxygen atoms in total. The number of para-hydroxylation sites is 1. The van der Waals surface area contributed by atoms with E-state index in [9.17, 15) is 0 Å². The molecule has 0 unspecified atom stereocenters. The number of anilines is 1. The fourth-order valence-electron chi connectivity index (χ4n) is 2.23. The number of halogens is 1. The SMILES string of the molecule is CCOc1ccccc1CCNC(=S)Nc1cccc(Cl)c1C. The first kappa shape index (κ1) is 17.6. The molecule has 0 spiro atoms. The van der Waals surface area contributed by atoms with Gasteiger partial charge in [0.15, 0.2) is 5.11 Å². The molecule has 0 bridgehead atoms. The maximum atomic E-state index is 6.11. The van der Waals surface area contributed by atoms with Crippen molar-refractivity contribution in [1.29, 1.82) is 0 Å². The second-order valence-corrected chi connectivity index (χ2v) is 5.90. The Morgan fingerprint density at radius 3 is 2.74 bits per heavy atom. The largest absolute Gasteiger partial charge is 0.494 e. The van der Waals surface area contributed by atoms with Crippen molar-refractivity contribution >= 4 is 34.6 Å². The summed E-state index contributed by atoms with van der Waals surface area (Å²) < 4.78 is 5.63. The van der Waals surface area contributed by atoms with Crippen LogP contribution in [0.15, 0.2) is 42.5 Å². The van der Waals surface area contributed by atoms with Gasteiger partial charge in [-0.2, -0.15) is 0 Å². The number of hydrogen-bond acceptors (Lipinski definition) is 2. The highest BCUT2D eigenvalue weighted by Gasteiger charge is 2.05. The zero-order valence-corrected chi connectivity index (χ0v) is 14.9. The van der Waals surface area contributed by atoms with E-state index in [2.05, 4.69) is 16.7 Å². The lowest BCUT2D eigenvalue weighted by atomic mass is 10.1. The van der Waals surface area contributed by atoms with Crippen LogP contribution in [0.3, 0.4) is 0 Å². The van der Waals surface area contributed by atoms with Crippen LogP contribution < -0.4 is 15.4 Å². The highest BCUT2D eigenvalue weighted by molar-refractivity contribution is 7.80. The van der Waals surface area contributed by atoms with Gasteiger partial charge >= 0.3 is 0 Å². The molecule has 0 aliphatic rings. The normalized spacial score (nSPS) is 10.2. The average molecular weight is 349 g/mol. The lowest BCUT2D eigenvalue weighted by Gasteiger charge is -2.14. The van der Waals surface area contributed by atoms with Crippen molar-refractivity contribution in [3.8, 4) is 5.75 Å². The molecule has 0 fully saturated rings. The standard InChI is InChI=1S/C18H21ClN2OS/c1-3-22-17-10-5-4-7-14(17)11-12-20-18(23)21-16-9-6-8-15(19)13(16)2/h4-10H,3,11-12H2,1-2H3,(H2,20,21,23). The summed E-state index contributed by atoms with van der Waals surface area (Å²) in [4.78, 5) is 0. The minimum Gasteiger partial charge on any atom is -0.494 e. The van der Waals surface area contributed by atoms with Gasteiger partial charge < -0.3 is 15.4 Å². The number of ether oxygens (including phenoxy) is 1. The fraction of sp³-hybridized carbons (Fsp3) is 0.278. The molecule has 0 amide bonds. The quantitative estimate of drug-likeness (QED) is 0.749. The van der Waals surface area contributed by atoms with Crippen molar-refractivity contribution in [2.45, 2.75) is 20.3 Å². The van der Waals surface area contributed by atoms with Crippen molar-refractivity contribution in [2.75, 3.05) is 18.5 Å². The molecule has 0 saturated carbocycles. The van der Waals surface area contributed by atoms with Crippen LogP contribution in [-0.2, 0) is 6.42 Å². The first-order valence-electron chi connectivity index (χ1n) is 7.62. The van der Waals surface area contributed by atoms with Gasteiger partial charge in [0.1, 0.15) is 5.75 Å². The van der Waals surface area contributed by atoms with Crippen molar-refractivity contribution in [3.63, 3.8) is 0 Å². The second kappa shape index (κ2) is 8.75. The summed E-state index contributed by atoms with van der Waals surface area (Å²) >= 11 is 11.5. The highest BCUT2D eigenvalue weighted by Crippen LogP contribution is 2.22. The minimum absolute atomic E-state index is 0.587. The van der Waals surface area contributed by atoms with Gasteiger partial charge in [-0.3, -0.25) is 0 Å². The molecule has 23 heavy (non-hydrogen) atoms. The molecule has 2 rings (SSSR count). The molecule has 2 aromatic carbocycles. The molecule has 0 aliphatic heterocycles. The van der Waals surface area contributed by atoms with Gasteiger partial charge in [0.25, 0.3) is 0 Å². The lowest BCUT2D eigenvalue weighted by molar-refractivity contribution is 0.336. The van der Waals surface area contributed by atoms with Crippen molar-refractivity contribution in [1.82, 2.24) is 5.32 Å². The van der Waals surface area contributed by atoms with Crippen LogP contribution >= 0.6 is 23.8 Å². The molecule has 0 atom stereocenters. The van der Waals surface area contributed by atoms with Gasteiger partial charge in [-0.25, -0.2) is 0 Å². The van der Waals surface area contributed by atoms with E-state index >= 15 is 0 Å². The number of nitrogens with one attached hydrogen (secondary N) is 2. The monoisotopic (exact) mass is 348 g/mol. The summed E-state index contributed by atoms with van der Waals surface area (Å²) in [5.74, 6) is 0.932. The molecule has 2 N–H and O–H groups in total. The Morgan fingerprint density at radius 2 is 1.96 bits per heavy atom. The fourth-order valence-corrected chi connectivity index (χ4v) is 2.61. The summed E-state index contributed by atoms with van der Waals surface area (Å²) in [7, 11) is 0. The molecule has 0 heterocycles. The molecule has 122 valence electrons. The maximum absolute atomic E-state index is 6.11. The van der Waals surface area contributed by atoms with Crippen LogP contribution in [0.1, 0.15) is 18.1 Å². The molecule has 2 aromatic rings. The van der Waals surface area contributed by atoms with E-state index in [1.54, 1.807) is 0 Å². The smallest absolute Gasteiger partial charge is 0.170 e. The van der Waals surface area contributed by atoms with Crippen molar-refractivity contribution in [2.24, 2.45) is 0 Å². The topological polar surface area (TPSA) is 33.3 Å². The van der Waals surface area contributed by atoms with Crippen LogP contribution in [0.2, 0.25) is 5.02 Å². The van der Waals surface area contributed by atoms with Crippen LogP contribution in [-0.4, -0.2) is 18.3 Å². The van der Waals surface area contributed by atoms with E-state index in [1.807, 2.05) is 50.2 Å². The van der Waals surface area contributed by atoms with Crippen LogP contribution in [0.4, 0.5) is 5.69 Å². The minimum atomic E-state index is 0.587. The third kappa shape index (κ3) is 5.12. The molecule has 5 heteroatoms. The molecule has 0 aliphatic carbocycles. The highest BCUT2D eigenvalue weighted by atomic mass is 35.5. The van der Waals surface area contributed by atoms with E-state index < -0.39 is 0 Å². The van der Waals surface area contributed by atoms with Crippen LogP contribution in [0.25, 0.3) is 0 Å². The summed E-state index contributed by atoms with van der Waals surface area (Å²) in [6, 6.07) is 13.8. The number of benzene rings is 2. The van der Waals surface area contributed by atoms with Crippen molar-refractivity contribution in [3.05, 3.63) is 58.6 Å². The van der Waals surface area contributed by atoms with E-state index in [0.29, 0.717) is 11.7 Å². The second-order valence-electron chi connectivity index (χ2n) is 5.08. The van der Waals surface area contributed by atoms with E-state index in [0.717, 1.165) is 35.0 Å². The zero-order valence-electron chi connectivity index (χ0n) is 13.4. The van der Waals surface area contributed by atoms with Crippen molar-refractivity contribution < 1.29 is 4.74 Å². The van der Waals surface area contributed by atoms with Gasteiger partial charge in [0.05, 0.1) is 6.61 Å². The third-order valence-electron chi connectivity index (χ3n) is 3.47. The lowest BCUT2D eigenvalue weighted by Crippen LogP contribution is -2.30. The van der Waals surface area contributed by atoms with E-state index in [4.69, 9.17) is 28.6 Å². The van der Waals surface area contributed by atoms with Gasteiger partial charge in [-0.15, -0.1) is 0 Å². The first-order valence-corrected chi connectivity index (χ1v) is 8.41. The molecular formula is C18H21ClN2OS. The van der Waals surface area contributed by atoms with Crippen LogP contribution in [0.5, 0.6) is 5.75 Å². The average Bonchev–Trinajstić information content (AvgIpc) is 2.54. The third-order valence-corrected chi connectivity index (χ3v) is 4.12. The molecule has 0 radical (unpaired) electrons. The Bertz CT molecular complexity index is 676. The molecule has 0 saturated heterocycles. The maximum Gasteiger partial charge on any atom is 0.170 e. The Kier molecular flexibility index (Phi) is 6.68. The summed E-state index contributed by atoms with van der Waals surface area (Å²) in [5, 5.41) is 7.71.